The number of allylic oxidation sites excluding steroid dienone is 12. The molecule has 1 unspecified atom stereocenters. The van der Waals surface area contributed by atoms with Crippen LogP contribution in [0, 0.1) is 0 Å². The van der Waals surface area contributed by atoms with Gasteiger partial charge in [-0.05, 0) is 109 Å². The molecule has 0 amide bonds. The highest BCUT2D eigenvalue weighted by Gasteiger charge is 2.19. The third-order valence-corrected chi connectivity index (χ3v) is 14.9. The number of ether oxygens (including phenoxy) is 3. The molecule has 0 aliphatic carbocycles. The third-order valence-electron chi connectivity index (χ3n) is 14.9. The summed E-state index contributed by atoms with van der Waals surface area (Å²) < 4.78 is 17.0. The van der Waals surface area contributed by atoms with Crippen molar-refractivity contribution in [3.05, 3.63) is 72.9 Å². The topological polar surface area (TPSA) is 78.9 Å². The van der Waals surface area contributed by atoms with E-state index in [0.717, 1.165) is 103 Å². The summed E-state index contributed by atoms with van der Waals surface area (Å²) >= 11 is 0. The summed E-state index contributed by atoms with van der Waals surface area (Å²) in [6, 6.07) is 0. The van der Waals surface area contributed by atoms with Crippen molar-refractivity contribution in [1.29, 1.82) is 0 Å². The summed E-state index contributed by atoms with van der Waals surface area (Å²) in [6.45, 7) is 6.55. The van der Waals surface area contributed by atoms with E-state index in [-0.39, 0.29) is 31.1 Å². The Morgan fingerprint density at radius 2 is 0.500 bits per heavy atom. The molecule has 0 aromatic rings. The molecule has 0 bridgehead atoms. The second-order valence-electron chi connectivity index (χ2n) is 22.7. The summed E-state index contributed by atoms with van der Waals surface area (Å²) in [5.41, 5.74) is 0. The fraction of sp³-hybridized carbons (Fsp3) is 0.792. The number of esters is 3. The third kappa shape index (κ3) is 63.7. The van der Waals surface area contributed by atoms with Gasteiger partial charge in [-0.25, -0.2) is 0 Å². The van der Waals surface area contributed by atoms with Gasteiger partial charge in [0.1, 0.15) is 13.2 Å². The fourth-order valence-electron chi connectivity index (χ4n) is 9.84. The smallest absolute Gasteiger partial charge is 0.306 e. The van der Waals surface area contributed by atoms with Crippen molar-refractivity contribution >= 4 is 17.9 Å². The largest absolute Gasteiger partial charge is 0.462 e. The van der Waals surface area contributed by atoms with Crippen LogP contribution in [-0.4, -0.2) is 37.2 Å². The first-order chi connectivity index (χ1) is 38.5. The van der Waals surface area contributed by atoms with Gasteiger partial charge in [-0.2, -0.15) is 0 Å². The van der Waals surface area contributed by atoms with Crippen molar-refractivity contribution in [2.24, 2.45) is 0 Å². The number of hydrogen-bond donors (Lipinski definition) is 0. The van der Waals surface area contributed by atoms with E-state index in [2.05, 4.69) is 93.7 Å². The van der Waals surface area contributed by atoms with Gasteiger partial charge in [-0.1, -0.05) is 293 Å². The van der Waals surface area contributed by atoms with E-state index in [1.54, 1.807) is 0 Å². The Bertz CT molecular complexity index is 1440. The first kappa shape index (κ1) is 74.8. The van der Waals surface area contributed by atoms with Crippen LogP contribution in [-0.2, 0) is 28.6 Å². The number of carbonyl (C=O) groups excluding carboxylic acids is 3. The highest BCUT2D eigenvalue weighted by Crippen LogP contribution is 2.17. The van der Waals surface area contributed by atoms with Crippen LogP contribution in [0.1, 0.15) is 348 Å². The summed E-state index contributed by atoms with van der Waals surface area (Å²) in [5, 5.41) is 0. The van der Waals surface area contributed by atoms with E-state index in [0.29, 0.717) is 19.3 Å². The maximum absolute atomic E-state index is 12.9. The molecule has 0 heterocycles. The minimum Gasteiger partial charge on any atom is -0.462 e. The molecule has 0 aliphatic heterocycles. The van der Waals surface area contributed by atoms with Gasteiger partial charge in [0.15, 0.2) is 6.10 Å². The van der Waals surface area contributed by atoms with Crippen molar-refractivity contribution < 1.29 is 28.6 Å². The first-order valence-corrected chi connectivity index (χ1v) is 33.9. The second kappa shape index (κ2) is 66.4. The molecule has 452 valence electrons. The molecule has 0 aliphatic rings. The lowest BCUT2D eigenvalue weighted by atomic mass is 10.0. The van der Waals surface area contributed by atoms with Gasteiger partial charge in [0.2, 0.25) is 0 Å². The Kier molecular flexibility index (Phi) is 63.7. The Morgan fingerprint density at radius 1 is 0.269 bits per heavy atom. The summed E-state index contributed by atoms with van der Waals surface area (Å²) in [4.78, 5) is 38.4. The second-order valence-corrected chi connectivity index (χ2v) is 22.7. The lowest BCUT2D eigenvalue weighted by molar-refractivity contribution is -0.167. The van der Waals surface area contributed by atoms with Crippen molar-refractivity contribution in [3.63, 3.8) is 0 Å². The molecule has 0 N–H and O–H groups in total. The zero-order valence-electron chi connectivity index (χ0n) is 51.9. The average molecular weight is 1090 g/mol. The van der Waals surface area contributed by atoms with Gasteiger partial charge < -0.3 is 14.2 Å². The van der Waals surface area contributed by atoms with Crippen LogP contribution < -0.4 is 0 Å². The molecule has 0 radical (unpaired) electrons. The molecule has 0 aromatic heterocycles. The molecular formula is C72H128O6. The van der Waals surface area contributed by atoms with Crippen molar-refractivity contribution in [3.8, 4) is 0 Å². The van der Waals surface area contributed by atoms with Gasteiger partial charge in [0.25, 0.3) is 0 Å². The number of carbonyl (C=O) groups is 3. The van der Waals surface area contributed by atoms with Crippen molar-refractivity contribution in [2.45, 2.75) is 354 Å². The molecule has 0 aromatic carbocycles. The molecule has 1 atom stereocenters. The molecular weight excluding hydrogens is 961 g/mol. The van der Waals surface area contributed by atoms with Crippen LogP contribution in [0.4, 0.5) is 0 Å². The molecule has 0 rings (SSSR count). The minimum absolute atomic E-state index is 0.0819. The average Bonchev–Trinajstić information content (AvgIpc) is 3.44. The van der Waals surface area contributed by atoms with Gasteiger partial charge in [0.05, 0.1) is 0 Å². The zero-order valence-corrected chi connectivity index (χ0v) is 51.9. The van der Waals surface area contributed by atoms with E-state index >= 15 is 0 Å². The van der Waals surface area contributed by atoms with E-state index in [9.17, 15) is 14.4 Å². The molecule has 0 fully saturated rings. The predicted molar refractivity (Wildman–Crippen MR) is 339 cm³/mol. The van der Waals surface area contributed by atoms with Crippen molar-refractivity contribution in [2.75, 3.05) is 13.2 Å². The zero-order chi connectivity index (χ0) is 56.4. The standard InChI is InChI=1S/C72H128O6/c1-4-7-10-13-16-19-22-25-28-31-33-34-35-36-37-38-40-41-44-47-50-53-56-59-62-65-71(74)77-68-69(67-76-70(73)64-61-58-55-52-49-46-43-30-27-24-21-18-15-12-9-6-3)78-72(75)66-63-60-57-54-51-48-45-42-39-32-29-26-23-20-17-14-11-8-5-2/h8,11,17,20,26,29-31,33,39,42-43,69H,4-7,9-10,12-16,18-19,21-25,27-28,32,34-38,40-41,44-68H2,1-3H3/b11-8-,20-17-,29-26-,33-31-,42-39-,43-30-. The maximum atomic E-state index is 12.9. The Hall–Kier alpha value is -3.15. The van der Waals surface area contributed by atoms with E-state index in [1.807, 2.05) is 0 Å². The first-order valence-electron chi connectivity index (χ1n) is 33.9. The number of unbranched alkanes of at least 4 members (excludes halogenated alkanes) is 39. The van der Waals surface area contributed by atoms with Crippen LogP contribution in [0.25, 0.3) is 0 Å². The molecule has 78 heavy (non-hydrogen) atoms. The predicted octanol–water partition coefficient (Wildman–Crippen LogP) is 23.3. The Labute approximate surface area is 484 Å². The number of hydrogen-bond acceptors (Lipinski definition) is 6. The maximum Gasteiger partial charge on any atom is 0.306 e. The molecule has 6 nitrogen and oxygen atoms in total. The van der Waals surface area contributed by atoms with Crippen LogP contribution >= 0.6 is 0 Å². The van der Waals surface area contributed by atoms with E-state index in [4.69, 9.17) is 14.2 Å². The number of rotatable bonds is 62. The molecule has 6 heteroatoms. The summed E-state index contributed by atoms with van der Waals surface area (Å²) in [6.07, 6.45) is 86.3. The Balaban J connectivity index is 4.33. The van der Waals surface area contributed by atoms with Crippen LogP contribution in [0.15, 0.2) is 72.9 Å². The molecule has 0 saturated heterocycles. The summed E-state index contributed by atoms with van der Waals surface area (Å²) in [7, 11) is 0. The minimum atomic E-state index is -0.788. The van der Waals surface area contributed by atoms with E-state index in [1.165, 1.54) is 205 Å². The summed E-state index contributed by atoms with van der Waals surface area (Å²) in [5.74, 6) is -0.887. The normalized spacial score (nSPS) is 12.5. The van der Waals surface area contributed by atoms with Crippen LogP contribution in [0.2, 0.25) is 0 Å². The SMILES string of the molecule is CC/C=C\C/C=C\C/C=C\C/C=C\CCCCCCCCC(=O)OC(COC(=O)CCCCCCC/C=C\CCCCCCCCC)COC(=O)CCCCCCCCCCCCCCC/C=C\CCCCCCCCCC. The monoisotopic (exact) mass is 1090 g/mol. The lowest BCUT2D eigenvalue weighted by Crippen LogP contribution is -2.30. The lowest BCUT2D eigenvalue weighted by Gasteiger charge is -2.18. The van der Waals surface area contributed by atoms with Gasteiger partial charge in [-0.3, -0.25) is 14.4 Å². The molecule has 0 saturated carbocycles. The highest BCUT2D eigenvalue weighted by atomic mass is 16.6. The fourth-order valence-corrected chi connectivity index (χ4v) is 9.84. The van der Waals surface area contributed by atoms with E-state index < -0.39 is 6.10 Å². The van der Waals surface area contributed by atoms with Crippen molar-refractivity contribution in [1.82, 2.24) is 0 Å². The quantitative estimate of drug-likeness (QED) is 0.0261. The highest BCUT2D eigenvalue weighted by molar-refractivity contribution is 5.71. The van der Waals surface area contributed by atoms with Crippen LogP contribution in [0.5, 0.6) is 0 Å². The van der Waals surface area contributed by atoms with Gasteiger partial charge in [0, 0.05) is 19.3 Å². The van der Waals surface area contributed by atoms with Gasteiger partial charge >= 0.3 is 17.9 Å². The van der Waals surface area contributed by atoms with Gasteiger partial charge in [-0.15, -0.1) is 0 Å². The van der Waals surface area contributed by atoms with Crippen LogP contribution in [0.3, 0.4) is 0 Å². The molecule has 0 spiro atoms. The Morgan fingerprint density at radius 3 is 0.795 bits per heavy atom.